The number of methoxy groups -OCH3 is 3. The predicted molar refractivity (Wildman–Crippen MR) is 191 cm³/mol. The third-order valence-electron chi connectivity index (χ3n) is 8.12. The van der Waals surface area contributed by atoms with Crippen LogP contribution in [0, 0.1) is 10.1 Å². The first-order valence-electron chi connectivity index (χ1n) is 15.8. The molecule has 13 heteroatoms. The van der Waals surface area contributed by atoms with Crippen molar-refractivity contribution in [1.82, 2.24) is 4.57 Å². The van der Waals surface area contributed by atoms with Crippen LogP contribution in [0.4, 0.5) is 5.69 Å². The zero-order valence-corrected chi connectivity index (χ0v) is 29.0. The highest BCUT2D eigenvalue weighted by molar-refractivity contribution is 7.07. The normalized spacial score (nSPS) is 14.0. The Labute approximate surface area is 296 Å². The summed E-state index contributed by atoms with van der Waals surface area (Å²) in [6.07, 6.45) is 1.73. The fourth-order valence-corrected chi connectivity index (χ4v) is 6.70. The van der Waals surface area contributed by atoms with Gasteiger partial charge in [-0.05, 0) is 66.1 Å². The number of hydrogen-bond acceptors (Lipinski definition) is 11. The van der Waals surface area contributed by atoms with Crippen LogP contribution in [-0.2, 0) is 16.1 Å². The molecular weight excluding hydrogens is 674 g/mol. The number of nitro benzene ring substituents is 1. The van der Waals surface area contributed by atoms with Crippen molar-refractivity contribution in [3.8, 4) is 23.0 Å². The van der Waals surface area contributed by atoms with Crippen LogP contribution in [0.15, 0.2) is 106 Å². The number of nitrogens with zero attached hydrogens (tertiary/aromatic N) is 3. The van der Waals surface area contributed by atoms with E-state index in [0.717, 1.165) is 5.56 Å². The molecule has 0 bridgehead atoms. The molecule has 2 heterocycles. The molecule has 6 rings (SSSR count). The number of esters is 1. The van der Waals surface area contributed by atoms with E-state index in [2.05, 4.69) is 0 Å². The van der Waals surface area contributed by atoms with E-state index >= 15 is 0 Å². The van der Waals surface area contributed by atoms with Gasteiger partial charge in [-0.3, -0.25) is 19.5 Å². The Kier molecular flexibility index (Phi) is 10.3. The first-order chi connectivity index (χ1) is 24.8. The van der Waals surface area contributed by atoms with Crippen molar-refractivity contribution in [2.45, 2.75) is 19.6 Å². The van der Waals surface area contributed by atoms with Gasteiger partial charge in [-0.2, -0.15) is 0 Å². The fourth-order valence-electron chi connectivity index (χ4n) is 5.70. The summed E-state index contributed by atoms with van der Waals surface area (Å²) in [5, 5.41) is 11.0. The van der Waals surface area contributed by atoms with Crippen molar-refractivity contribution in [2.24, 2.45) is 4.99 Å². The Hall–Kier alpha value is -6.21. The Morgan fingerprint density at radius 1 is 0.902 bits per heavy atom. The highest BCUT2D eigenvalue weighted by Gasteiger charge is 2.35. The Balaban J connectivity index is 1.46. The van der Waals surface area contributed by atoms with E-state index in [4.69, 9.17) is 28.7 Å². The minimum atomic E-state index is -0.901. The minimum Gasteiger partial charge on any atom is -0.493 e. The number of fused-ring (bicyclic) bond motifs is 1. The quantitative estimate of drug-likeness (QED) is 0.0941. The average molecular weight is 708 g/mol. The number of carbonyl (C=O) groups is 1. The highest BCUT2D eigenvalue weighted by atomic mass is 32.1. The molecule has 260 valence electrons. The van der Waals surface area contributed by atoms with E-state index in [1.54, 1.807) is 61.5 Å². The Morgan fingerprint density at radius 3 is 2.25 bits per heavy atom. The van der Waals surface area contributed by atoms with Crippen LogP contribution in [0.1, 0.15) is 35.2 Å². The van der Waals surface area contributed by atoms with Gasteiger partial charge in [0.05, 0.1) is 54.7 Å². The van der Waals surface area contributed by atoms with Gasteiger partial charge in [0.2, 0.25) is 0 Å². The van der Waals surface area contributed by atoms with Crippen molar-refractivity contribution < 1.29 is 33.4 Å². The van der Waals surface area contributed by atoms with Gasteiger partial charge in [-0.25, -0.2) is 9.79 Å². The standard InChI is InChI=1S/C38H33N3O9S/c1-5-49-37(43)33-34(25-9-7-6-8-10-25)39-38-40(35(33)26-14-18-28(46-2)31(21-26)48-4)36(42)32(51-38)20-24-13-17-29(30(19-24)47-3)50-22-23-11-15-27(16-12-23)41(44)45/h6-21,35H,5,22H2,1-4H3/b32-20-/t35-/m0/s1. The van der Waals surface area contributed by atoms with Gasteiger partial charge < -0.3 is 23.7 Å². The molecule has 51 heavy (non-hydrogen) atoms. The first kappa shape index (κ1) is 34.6. The number of benzene rings is 4. The van der Waals surface area contributed by atoms with Crippen LogP contribution in [0.3, 0.4) is 0 Å². The molecule has 1 aromatic heterocycles. The zero-order valence-electron chi connectivity index (χ0n) is 28.2. The maximum absolute atomic E-state index is 14.3. The van der Waals surface area contributed by atoms with Crippen molar-refractivity contribution >= 4 is 34.8 Å². The highest BCUT2D eigenvalue weighted by Crippen LogP contribution is 2.38. The molecule has 0 aliphatic carbocycles. The third kappa shape index (κ3) is 7.10. The molecule has 0 saturated carbocycles. The van der Waals surface area contributed by atoms with Crippen LogP contribution < -0.4 is 33.8 Å². The lowest BCUT2D eigenvalue weighted by molar-refractivity contribution is -0.384. The average Bonchev–Trinajstić information content (AvgIpc) is 3.47. The summed E-state index contributed by atoms with van der Waals surface area (Å²) in [5.41, 5.74) is 2.95. The van der Waals surface area contributed by atoms with Gasteiger partial charge in [0.25, 0.3) is 11.2 Å². The van der Waals surface area contributed by atoms with Gasteiger partial charge >= 0.3 is 5.97 Å². The Bertz CT molecular complexity index is 2310. The monoisotopic (exact) mass is 707 g/mol. The molecule has 0 N–H and O–H groups in total. The third-order valence-corrected chi connectivity index (χ3v) is 9.11. The molecule has 0 radical (unpaired) electrons. The summed E-state index contributed by atoms with van der Waals surface area (Å²) in [6, 6.07) is 25.0. The number of non-ortho nitro benzene ring substituents is 1. The van der Waals surface area contributed by atoms with E-state index in [9.17, 15) is 19.7 Å². The van der Waals surface area contributed by atoms with Crippen LogP contribution in [-0.4, -0.2) is 43.4 Å². The molecule has 0 spiro atoms. The molecule has 0 fully saturated rings. The topological polar surface area (TPSA) is 141 Å². The van der Waals surface area contributed by atoms with Gasteiger partial charge in [0.15, 0.2) is 27.8 Å². The summed E-state index contributed by atoms with van der Waals surface area (Å²) in [4.78, 5) is 43.9. The molecule has 1 aliphatic heterocycles. The number of rotatable bonds is 12. The second-order valence-corrected chi connectivity index (χ2v) is 12.2. The predicted octanol–water partition coefficient (Wildman–Crippen LogP) is 5.45. The molecule has 5 aromatic rings. The smallest absolute Gasteiger partial charge is 0.338 e. The van der Waals surface area contributed by atoms with Crippen molar-refractivity contribution in [2.75, 3.05) is 27.9 Å². The maximum Gasteiger partial charge on any atom is 0.338 e. The lowest BCUT2D eigenvalue weighted by atomic mass is 9.93. The summed E-state index contributed by atoms with van der Waals surface area (Å²) >= 11 is 1.19. The number of ether oxygens (including phenoxy) is 5. The van der Waals surface area contributed by atoms with Crippen LogP contribution in [0.5, 0.6) is 23.0 Å². The second kappa shape index (κ2) is 15.1. The van der Waals surface area contributed by atoms with E-state index in [1.807, 2.05) is 30.3 Å². The van der Waals surface area contributed by atoms with Crippen molar-refractivity contribution in [3.05, 3.63) is 149 Å². The molecule has 4 aromatic carbocycles. The maximum atomic E-state index is 14.3. The van der Waals surface area contributed by atoms with E-state index in [0.29, 0.717) is 54.7 Å². The molecule has 1 aliphatic rings. The number of carbonyl (C=O) groups excluding carboxylic acids is 1. The van der Waals surface area contributed by atoms with Gasteiger partial charge in [0.1, 0.15) is 6.61 Å². The SMILES string of the molecule is CCOC(=O)C1=C(c2ccccc2)N=c2s/c(=C\c3ccc(OCc4ccc([N+](=O)[O-])cc4)c(OC)c3)c(=O)n2[C@H]1c1ccc(OC)c(OC)c1. The number of thiazole rings is 1. The molecule has 12 nitrogen and oxygen atoms in total. The first-order valence-corrected chi connectivity index (χ1v) is 16.6. The summed E-state index contributed by atoms with van der Waals surface area (Å²) in [6.45, 7) is 2.01. The summed E-state index contributed by atoms with van der Waals surface area (Å²) in [5.74, 6) is 1.21. The van der Waals surface area contributed by atoms with E-state index in [1.165, 1.54) is 49.4 Å². The lowest BCUT2D eigenvalue weighted by Gasteiger charge is -2.26. The van der Waals surface area contributed by atoms with Crippen LogP contribution in [0.2, 0.25) is 0 Å². The fraction of sp³-hybridized carbons (Fsp3) is 0.184. The Morgan fingerprint density at radius 2 is 1.59 bits per heavy atom. The lowest BCUT2D eigenvalue weighted by Crippen LogP contribution is -2.40. The largest absolute Gasteiger partial charge is 0.493 e. The summed E-state index contributed by atoms with van der Waals surface area (Å²) in [7, 11) is 4.56. The number of aromatic nitrogens is 1. The molecular formula is C38H33N3O9S. The number of nitro groups is 1. The van der Waals surface area contributed by atoms with Crippen LogP contribution in [0.25, 0.3) is 11.8 Å². The molecule has 0 unspecified atom stereocenters. The summed E-state index contributed by atoms with van der Waals surface area (Å²) < 4.78 is 30.1. The number of hydrogen-bond donors (Lipinski definition) is 0. The zero-order chi connectivity index (χ0) is 36.1. The van der Waals surface area contributed by atoms with Crippen LogP contribution >= 0.6 is 11.3 Å². The van der Waals surface area contributed by atoms with Crippen molar-refractivity contribution in [3.63, 3.8) is 0 Å². The van der Waals surface area contributed by atoms with Gasteiger partial charge in [-0.1, -0.05) is 53.8 Å². The molecule has 0 saturated heterocycles. The van der Waals surface area contributed by atoms with E-state index < -0.39 is 16.9 Å². The van der Waals surface area contributed by atoms with Crippen molar-refractivity contribution in [1.29, 1.82) is 0 Å². The van der Waals surface area contributed by atoms with Gasteiger partial charge in [-0.15, -0.1) is 0 Å². The van der Waals surface area contributed by atoms with Gasteiger partial charge in [0, 0.05) is 17.7 Å². The molecule has 1 atom stereocenters. The minimum absolute atomic E-state index is 0.00517. The second-order valence-electron chi connectivity index (χ2n) is 11.2. The van der Waals surface area contributed by atoms with E-state index in [-0.39, 0.29) is 30.0 Å². The molecule has 0 amide bonds.